The first-order chi connectivity index (χ1) is 9.52. The Morgan fingerprint density at radius 3 is 2.85 bits per heavy atom. The number of carboxylic acid groups (broad SMARTS) is 1. The lowest BCUT2D eigenvalue weighted by Gasteiger charge is -2.00. The second kappa shape index (κ2) is 5.09. The van der Waals surface area contributed by atoms with Crippen LogP contribution in [0.1, 0.15) is 4.88 Å². The number of hydrogen-bond donors (Lipinski definition) is 1. The Labute approximate surface area is 128 Å². The first kappa shape index (κ1) is 13.4. The predicted octanol–water partition coefficient (Wildman–Crippen LogP) is 4.00. The van der Waals surface area contributed by atoms with E-state index in [1.54, 1.807) is 28.8 Å². The molecule has 0 atom stereocenters. The molecule has 0 aliphatic rings. The summed E-state index contributed by atoms with van der Waals surface area (Å²) in [5, 5.41) is 9.94. The van der Waals surface area contributed by atoms with Gasteiger partial charge in [-0.3, -0.25) is 9.20 Å². The van der Waals surface area contributed by atoms with Crippen molar-refractivity contribution in [3.63, 3.8) is 0 Å². The third kappa shape index (κ3) is 2.52. The molecule has 3 aromatic rings. The quantitative estimate of drug-likeness (QED) is 0.791. The van der Waals surface area contributed by atoms with Crippen LogP contribution in [0.4, 0.5) is 0 Å². The van der Waals surface area contributed by atoms with Crippen molar-refractivity contribution in [3.05, 3.63) is 45.5 Å². The molecule has 2 aromatic heterocycles. The van der Waals surface area contributed by atoms with Crippen LogP contribution >= 0.6 is 34.5 Å². The Hall–Kier alpha value is -1.56. The Morgan fingerprint density at radius 1 is 1.35 bits per heavy atom. The molecule has 0 aliphatic carbocycles. The highest BCUT2D eigenvalue weighted by Crippen LogP contribution is 2.31. The van der Waals surface area contributed by atoms with E-state index in [1.807, 2.05) is 6.20 Å². The van der Waals surface area contributed by atoms with E-state index < -0.39 is 5.97 Å². The highest BCUT2D eigenvalue weighted by atomic mass is 35.5. The SMILES string of the molecule is O=C(O)Cc1cn2cc(-c3cc(Cl)ccc3Cl)nc2s1. The van der Waals surface area contributed by atoms with Gasteiger partial charge in [-0.25, -0.2) is 4.98 Å². The average molecular weight is 327 g/mol. The fourth-order valence-corrected chi connectivity index (χ4v) is 3.24. The Balaban J connectivity index is 2.03. The first-order valence-corrected chi connectivity index (χ1v) is 7.25. The zero-order valence-electron chi connectivity index (χ0n) is 10.0. The van der Waals surface area contributed by atoms with Gasteiger partial charge in [0, 0.05) is 27.9 Å². The van der Waals surface area contributed by atoms with Gasteiger partial charge in [0.05, 0.1) is 17.1 Å². The lowest BCUT2D eigenvalue weighted by molar-refractivity contribution is -0.136. The molecule has 1 aromatic carbocycles. The van der Waals surface area contributed by atoms with E-state index in [0.29, 0.717) is 15.7 Å². The highest BCUT2D eigenvalue weighted by molar-refractivity contribution is 7.17. The van der Waals surface area contributed by atoms with E-state index in [9.17, 15) is 4.79 Å². The second-order valence-electron chi connectivity index (χ2n) is 4.21. The van der Waals surface area contributed by atoms with Gasteiger partial charge < -0.3 is 5.11 Å². The molecule has 1 N–H and O–H groups in total. The molecule has 102 valence electrons. The number of carbonyl (C=O) groups is 1. The van der Waals surface area contributed by atoms with Gasteiger partial charge in [0.2, 0.25) is 0 Å². The number of nitrogens with zero attached hydrogens (tertiary/aromatic N) is 2. The van der Waals surface area contributed by atoms with Crippen molar-refractivity contribution >= 4 is 45.5 Å². The van der Waals surface area contributed by atoms with Crippen molar-refractivity contribution in [3.8, 4) is 11.3 Å². The molecule has 0 amide bonds. The minimum atomic E-state index is -0.854. The smallest absolute Gasteiger partial charge is 0.308 e. The van der Waals surface area contributed by atoms with Crippen LogP contribution in [-0.4, -0.2) is 20.5 Å². The lowest BCUT2D eigenvalue weighted by Crippen LogP contribution is -1.97. The van der Waals surface area contributed by atoms with E-state index in [4.69, 9.17) is 28.3 Å². The largest absolute Gasteiger partial charge is 0.481 e. The summed E-state index contributed by atoms with van der Waals surface area (Å²) in [7, 11) is 0. The monoisotopic (exact) mass is 326 g/mol. The number of thiazole rings is 1. The van der Waals surface area contributed by atoms with E-state index in [-0.39, 0.29) is 6.42 Å². The van der Waals surface area contributed by atoms with E-state index >= 15 is 0 Å². The molecule has 0 bridgehead atoms. The Kier molecular flexibility index (Phi) is 3.41. The van der Waals surface area contributed by atoms with Crippen molar-refractivity contribution in [2.75, 3.05) is 0 Å². The summed E-state index contributed by atoms with van der Waals surface area (Å²) in [5.74, 6) is -0.854. The van der Waals surface area contributed by atoms with Crippen LogP contribution in [0.5, 0.6) is 0 Å². The van der Waals surface area contributed by atoms with Crippen LogP contribution in [0.15, 0.2) is 30.6 Å². The summed E-state index contributed by atoms with van der Waals surface area (Å²) in [5.41, 5.74) is 1.47. The van der Waals surface area contributed by atoms with Gasteiger partial charge in [-0.2, -0.15) is 0 Å². The second-order valence-corrected chi connectivity index (χ2v) is 6.15. The molecule has 2 heterocycles. The number of aliphatic carboxylic acids is 1. The average Bonchev–Trinajstić information content (AvgIpc) is 2.89. The van der Waals surface area contributed by atoms with Crippen LogP contribution in [-0.2, 0) is 11.2 Å². The summed E-state index contributed by atoms with van der Waals surface area (Å²) in [6, 6.07) is 5.20. The topological polar surface area (TPSA) is 54.6 Å². The van der Waals surface area contributed by atoms with E-state index in [2.05, 4.69) is 4.98 Å². The maximum Gasteiger partial charge on any atom is 0.308 e. The van der Waals surface area contributed by atoms with E-state index in [0.717, 1.165) is 15.4 Å². The van der Waals surface area contributed by atoms with Gasteiger partial charge in [-0.1, -0.05) is 23.2 Å². The minimum absolute atomic E-state index is 0.00127. The van der Waals surface area contributed by atoms with Crippen molar-refractivity contribution in [1.29, 1.82) is 0 Å². The van der Waals surface area contributed by atoms with Crippen molar-refractivity contribution in [2.24, 2.45) is 0 Å². The van der Waals surface area contributed by atoms with E-state index in [1.165, 1.54) is 11.3 Å². The van der Waals surface area contributed by atoms with Crippen molar-refractivity contribution in [1.82, 2.24) is 9.38 Å². The maximum absolute atomic E-state index is 10.7. The molecule has 4 nitrogen and oxygen atoms in total. The zero-order chi connectivity index (χ0) is 14.3. The number of rotatable bonds is 3. The lowest BCUT2D eigenvalue weighted by atomic mass is 10.2. The van der Waals surface area contributed by atoms with Crippen LogP contribution < -0.4 is 0 Å². The fraction of sp³-hybridized carbons (Fsp3) is 0.0769. The third-order valence-corrected chi connectivity index (χ3v) is 4.29. The molecule has 0 spiro atoms. The normalized spacial score (nSPS) is 11.1. The minimum Gasteiger partial charge on any atom is -0.481 e. The Morgan fingerprint density at radius 2 is 2.15 bits per heavy atom. The van der Waals surface area contributed by atoms with Crippen LogP contribution in [0.25, 0.3) is 16.2 Å². The molecule has 0 unspecified atom stereocenters. The molecule has 0 saturated carbocycles. The maximum atomic E-state index is 10.7. The molecular formula is C13H8Cl2N2O2S. The number of carboxylic acids is 1. The first-order valence-electron chi connectivity index (χ1n) is 5.67. The van der Waals surface area contributed by atoms with Crippen molar-refractivity contribution in [2.45, 2.75) is 6.42 Å². The summed E-state index contributed by atoms with van der Waals surface area (Å²) < 4.78 is 1.80. The number of fused-ring (bicyclic) bond motifs is 1. The zero-order valence-corrected chi connectivity index (χ0v) is 12.3. The van der Waals surface area contributed by atoms with Crippen LogP contribution in [0, 0.1) is 0 Å². The number of halogens is 2. The molecule has 0 aliphatic heterocycles. The van der Waals surface area contributed by atoms with Gasteiger partial charge in [-0.15, -0.1) is 11.3 Å². The molecule has 0 saturated heterocycles. The number of benzene rings is 1. The standard InChI is InChI=1S/C13H8Cl2N2O2S/c14-7-1-2-10(15)9(3-7)11-6-17-5-8(4-12(18)19)20-13(17)16-11/h1-3,5-6H,4H2,(H,18,19). The number of imidazole rings is 1. The van der Waals surface area contributed by atoms with Gasteiger partial charge in [0.1, 0.15) is 0 Å². The molecule has 3 rings (SSSR count). The molecule has 0 radical (unpaired) electrons. The van der Waals surface area contributed by atoms with Gasteiger partial charge >= 0.3 is 5.97 Å². The van der Waals surface area contributed by atoms with Gasteiger partial charge in [0.25, 0.3) is 0 Å². The summed E-state index contributed by atoms with van der Waals surface area (Å²) in [6.45, 7) is 0. The molecule has 7 heteroatoms. The predicted molar refractivity (Wildman–Crippen MR) is 79.9 cm³/mol. The number of aromatic nitrogens is 2. The fourth-order valence-electron chi connectivity index (χ4n) is 1.90. The number of hydrogen-bond acceptors (Lipinski definition) is 3. The van der Waals surface area contributed by atoms with Gasteiger partial charge in [0.15, 0.2) is 4.96 Å². The van der Waals surface area contributed by atoms with Gasteiger partial charge in [-0.05, 0) is 18.2 Å². The highest BCUT2D eigenvalue weighted by Gasteiger charge is 2.12. The molecule has 0 fully saturated rings. The third-order valence-electron chi connectivity index (χ3n) is 2.73. The molecule has 20 heavy (non-hydrogen) atoms. The van der Waals surface area contributed by atoms with Crippen LogP contribution in [0.3, 0.4) is 0 Å². The molecular weight excluding hydrogens is 319 g/mol. The Bertz CT molecular complexity index is 778. The summed E-state index contributed by atoms with van der Waals surface area (Å²) in [6.07, 6.45) is 3.58. The summed E-state index contributed by atoms with van der Waals surface area (Å²) in [4.78, 5) is 16.6. The van der Waals surface area contributed by atoms with Crippen LogP contribution in [0.2, 0.25) is 10.0 Å². The van der Waals surface area contributed by atoms with Crippen molar-refractivity contribution < 1.29 is 9.90 Å². The summed E-state index contributed by atoms with van der Waals surface area (Å²) >= 11 is 13.5.